The van der Waals surface area contributed by atoms with E-state index < -0.39 is 9.84 Å². The Morgan fingerprint density at radius 1 is 1.12 bits per heavy atom. The number of amidine groups is 1. The zero-order valence-electron chi connectivity index (χ0n) is 18.4. The first-order valence-electron chi connectivity index (χ1n) is 11.1. The van der Waals surface area contributed by atoms with E-state index >= 15 is 0 Å². The van der Waals surface area contributed by atoms with Crippen molar-refractivity contribution in [3.05, 3.63) is 65.9 Å². The van der Waals surface area contributed by atoms with Crippen LogP contribution in [0, 0.1) is 11.3 Å². The molecule has 2 heterocycles. The van der Waals surface area contributed by atoms with Crippen LogP contribution in [0.15, 0.2) is 59.5 Å². The van der Waals surface area contributed by atoms with Gasteiger partial charge in [0.1, 0.15) is 11.5 Å². The highest BCUT2D eigenvalue weighted by atomic mass is 32.2. The fourth-order valence-corrected chi connectivity index (χ4v) is 5.45. The summed E-state index contributed by atoms with van der Waals surface area (Å²) in [6.07, 6.45) is 2.03. The van der Waals surface area contributed by atoms with Gasteiger partial charge in [0, 0.05) is 29.6 Å². The second kappa shape index (κ2) is 9.76. The zero-order chi connectivity index (χ0) is 23.4. The number of nitrogen functional groups attached to an aromatic ring is 1. The summed E-state index contributed by atoms with van der Waals surface area (Å²) >= 11 is 0. The van der Waals surface area contributed by atoms with Crippen molar-refractivity contribution in [3.8, 4) is 0 Å². The van der Waals surface area contributed by atoms with Gasteiger partial charge >= 0.3 is 0 Å². The molecule has 1 aromatic heterocycles. The second-order valence-corrected chi connectivity index (χ2v) is 10.5. The second-order valence-electron chi connectivity index (χ2n) is 8.40. The minimum atomic E-state index is -3.53. The average Bonchev–Trinajstić information content (AvgIpc) is 3.20. The lowest BCUT2D eigenvalue weighted by atomic mass is 9.98. The molecule has 1 aliphatic heterocycles. The van der Waals surface area contributed by atoms with E-state index in [4.69, 9.17) is 11.1 Å². The van der Waals surface area contributed by atoms with Crippen molar-refractivity contribution in [2.24, 2.45) is 11.7 Å². The highest BCUT2D eigenvalue weighted by Gasteiger charge is 2.21. The number of amides is 1. The first-order valence-corrected chi connectivity index (χ1v) is 12.7. The number of hydrogen-bond acceptors (Lipinski definition) is 5. The van der Waals surface area contributed by atoms with E-state index in [2.05, 4.69) is 10.6 Å². The van der Waals surface area contributed by atoms with Gasteiger partial charge < -0.3 is 20.9 Å². The van der Waals surface area contributed by atoms with Crippen molar-refractivity contribution in [1.29, 1.82) is 5.41 Å². The summed E-state index contributed by atoms with van der Waals surface area (Å²) in [7, 11) is -3.53. The van der Waals surface area contributed by atoms with Crippen LogP contribution in [-0.2, 0) is 16.4 Å². The maximum absolute atomic E-state index is 13.1. The number of piperidine rings is 1. The number of carbonyl (C=O) groups excluding carboxylic acids is 1. The molecular formula is C24H29N5O3S. The average molecular weight is 468 g/mol. The topological polar surface area (TPSA) is 130 Å². The van der Waals surface area contributed by atoms with Gasteiger partial charge in [0.2, 0.25) is 0 Å². The Hall–Kier alpha value is -3.17. The third-order valence-electron chi connectivity index (χ3n) is 6.14. The largest absolute Gasteiger partial charge is 0.384 e. The zero-order valence-corrected chi connectivity index (χ0v) is 19.2. The van der Waals surface area contributed by atoms with Crippen LogP contribution in [0.2, 0.25) is 0 Å². The van der Waals surface area contributed by atoms with Crippen LogP contribution in [0.4, 0.5) is 0 Å². The van der Waals surface area contributed by atoms with Gasteiger partial charge in [0.05, 0.1) is 10.6 Å². The van der Waals surface area contributed by atoms with E-state index in [1.165, 1.54) is 0 Å². The Kier molecular flexibility index (Phi) is 6.80. The minimum Gasteiger partial charge on any atom is -0.384 e. The fourth-order valence-electron chi connectivity index (χ4n) is 4.22. The van der Waals surface area contributed by atoms with Crippen molar-refractivity contribution < 1.29 is 13.2 Å². The molecule has 2 aromatic carbocycles. The normalized spacial score (nSPS) is 14.9. The number of aryl methyl sites for hydroxylation is 1. The predicted molar refractivity (Wildman–Crippen MR) is 129 cm³/mol. The molecule has 1 fully saturated rings. The summed E-state index contributed by atoms with van der Waals surface area (Å²) in [6, 6.07) is 15.3. The summed E-state index contributed by atoms with van der Waals surface area (Å²) in [5, 5.41) is 14.9. The molecule has 8 nitrogen and oxygen atoms in total. The number of nitrogens with two attached hydrogens (primary N) is 1. The van der Waals surface area contributed by atoms with E-state index in [1.54, 1.807) is 59.2 Å². The molecule has 0 spiro atoms. The van der Waals surface area contributed by atoms with Gasteiger partial charge in [0.15, 0.2) is 9.84 Å². The highest BCUT2D eigenvalue weighted by Crippen LogP contribution is 2.23. The Balaban J connectivity index is 1.63. The lowest BCUT2D eigenvalue weighted by Gasteiger charge is -2.22. The van der Waals surface area contributed by atoms with Gasteiger partial charge in [-0.15, -0.1) is 0 Å². The lowest BCUT2D eigenvalue weighted by molar-refractivity contribution is 0.0935. The van der Waals surface area contributed by atoms with E-state index in [0.717, 1.165) is 31.3 Å². The van der Waals surface area contributed by atoms with Crippen LogP contribution in [0.5, 0.6) is 0 Å². The molecule has 174 valence electrons. The maximum Gasteiger partial charge on any atom is 0.267 e. The SMILES string of the molecule is N=C(N)c1ccc2cc(C(=O)NCC3CCNCC3)n(CCS(=O)(=O)c3ccccc3)c2c1. The third kappa shape index (κ3) is 5.26. The summed E-state index contributed by atoms with van der Waals surface area (Å²) < 4.78 is 27.5. The van der Waals surface area contributed by atoms with Crippen LogP contribution < -0.4 is 16.4 Å². The molecule has 0 radical (unpaired) electrons. The molecular weight excluding hydrogens is 438 g/mol. The first kappa shape index (κ1) is 23.0. The minimum absolute atomic E-state index is 0.0848. The Morgan fingerprint density at radius 2 is 1.85 bits per heavy atom. The van der Waals surface area contributed by atoms with E-state index in [-0.39, 0.29) is 28.9 Å². The summed E-state index contributed by atoms with van der Waals surface area (Å²) in [5.41, 5.74) is 7.27. The lowest BCUT2D eigenvalue weighted by Crippen LogP contribution is -2.36. The van der Waals surface area contributed by atoms with Gasteiger partial charge in [-0.2, -0.15) is 0 Å². The molecule has 1 amide bonds. The van der Waals surface area contributed by atoms with Crippen molar-refractivity contribution in [2.45, 2.75) is 24.3 Å². The molecule has 5 N–H and O–H groups in total. The number of rotatable bonds is 8. The molecule has 4 rings (SSSR count). The number of carbonyl (C=O) groups is 1. The van der Waals surface area contributed by atoms with Crippen molar-refractivity contribution in [2.75, 3.05) is 25.4 Å². The van der Waals surface area contributed by atoms with Gasteiger partial charge in [0.25, 0.3) is 5.91 Å². The molecule has 0 aliphatic carbocycles. The summed E-state index contributed by atoms with van der Waals surface area (Å²) in [4.78, 5) is 13.4. The van der Waals surface area contributed by atoms with Gasteiger partial charge in [-0.3, -0.25) is 10.2 Å². The molecule has 0 saturated carbocycles. The number of hydrogen-bond donors (Lipinski definition) is 4. The number of nitrogens with zero attached hydrogens (tertiary/aromatic N) is 1. The molecule has 3 aromatic rings. The molecule has 0 bridgehead atoms. The molecule has 0 unspecified atom stereocenters. The number of sulfone groups is 1. The quantitative estimate of drug-likeness (QED) is 0.298. The highest BCUT2D eigenvalue weighted by molar-refractivity contribution is 7.91. The Morgan fingerprint density at radius 3 is 2.55 bits per heavy atom. The number of benzene rings is 2. The molecule has 1 aliphatic rings. The first-order chi connectivity index (χ1) is 15.8. The standard InChI is InChI=1S/C24H29N5O3S/c25-23(26)19-7-6-18-14-22(24(30)28-16-17-8-10-27-11-9-17)29(21(18)15-19)12-13-33(31,32)20-4-2-1-3-5-20/h1-7,14-15,17,27H,8-13,16H2,(H3,25,26)(H,28,30). The molecule has 0 atom stereocenters. The van der Waals surface area contributed by atoms with Crippen molar-refractivity contribution in [3.63, 3.8) is 0 Å². The van der Waals surface area contributed by atoms with E-state index in [0.29, 0.717) is 29.2 Å². The maximum atomic E-state index is 13.1. The van der Waals surface area contributed by atoms with Crippen LogP contribution in [0.1, 0.15) is 28.9 Å². The van der Waals surface area contributed by atoms with Crippen LogP contribution in [0.25, 0.3) is 10.9 Å². The van der Waals surface area contributed by atoms with Crippen LogP contribution in [0.3, 0.4) is 0 Å². The van der Waals surface area contributed by atoms with Crippen molar-refractivity contribution in [1.82, 2.24) is 15.2 Å². The third-order valence-corrected chi connectivity index (χ3v) is 7.85. The van der Waals surface area contributed by atoms with Crippen molar-refractivity contribution >= 4 is 32.5 Å². The number of fused-ring (bicyclic) bond motifs is 1. The van der Waals surface area contributed by atoms with Gasteiger partial charge in [-0.1, -0.05) is 30.3 Å². The summed E-state index contributed by atoms with van der Waals surface area (Å²) in [6.45, 7) is 2.60. The number of nitrogens with one attached hydrogen (secondary N) is 3. The Bertz CT molecular complexity index is 1260. The Labute approximate surface area is 193 Å². The monoisotopic (exact) mass is 467 g/mol. The van der Waals surface area contributed by atoms with Gasteiger partial charge in [-0.25, -0.2) is 8.42 Å². The van der Waals surface area contributed by atoms with Gasteiger partial charge in [-0.05, 0) is 56.1 Å². The fraction of sp³-hybridized carbons (Fsp3) is 0.333. The predicted octanol–water partition coefficient (Wildman–Crippen LogP) is 2.13. The van der Waals surface area contributed by atoms with E-state index in [9.17, 15) is 13.2 Å². The van der Waals surface area contributed by atoms with Crippen LogP contribution in [-0.4, -0.2) is 50.1 Å². The molecule has 1 saturated heterocycles. The van der Waals surface area contributed by atoms with Crippen LogP contribution >= 0.6 is 0 Å². The van der Waals surface area contributed by atoms with E-state index in [1.807, 2.05) is 0 Å². The smallest absolute Gasteiger partial charge is 0.267 e. The molecule has 33 heavy (non-hydrogen) atoms. The summed E-state index contributed by atoms with van der Waals surface area (Å²) in [5.74, 6) is -0.0415. The molecule has 9 heteroatoms. The number of aromatic nitrogens is 1.